The Morgan fingerprint density at radius 2 is 2.14 bits per heavy atom. The highest BCUT2D eigenvalue weighted by Crippen LogP contribution is 2.15. The lowest BCUT2D eigenvalue weighted by Gasteiger charge is -2.15. The Morgan fingerprint density at radius 1 is 1.32 bits per heavy atom. The summed E-state index contributed by atoms with van der Waals surface area (Å²) in [5.41, 5.74) is 0.389. The van der Waals surface area contributed by atoms with Crippen LogP contribution < -0.4 is 15.7 Å². The summed E-state index contributed by atoms with van der Waals surface area (Å²) in [6.45, 7) is 0.332. The molecule has 1 heterocycles. The molecule has 0 aliphatic rings. The number of carbonyl (C=O) groups excluding carboxylic acids is 2. The first-order valence-corrected chi connectivity index (χ1v) is 6.70. The lowest BCUT2D eigenvalue weighted by Crippen LogP contribution is -2.91. The van der Waals surface area contributed by atoms with E-state index < -0.39 is 24.3 Å². The van der Waals surface area contributed by atoms with Crippen LogP contribution in [0.4, 0.5) is 5.69 Å². The van der Waals surface area contributed by atoms with E-state index in [1.807, 2.05) is 0 Å². The topological polar surface area (TPSA) is 119 Å². The van der Waals surface area contributed by atoms with Crippen LogP contribution >= 0.6 is 0 Å². The number of nitrogens with one attached hydrogen (secondary N) is 1. The van der Waals surface area contributed by atoms with Crippen molar-refractivity contribution in [3.05, 3.63) is 48.4 Å². The SMILES string of the molecule is O=C([O-])C[C@@H]([NH2+]Cc1ccco1)C(=O)Nc1cccc(O)c1. The van der Waals surface area contributed by atoms with Crippen LogP contribution in [0.3, 0.4) is 0 Å². The Bertz CT molecular complexity index is 639. The molecule has 1 aromatic heterocycles. The largest absolute Gasteiger partial charge is 0.550 e. The van der Waals surface area contributed by atoms with Crippen molar-refractivity contribution in [1.82, 2.24) is 0 Å². The monoisotopic (exact) mass is 304 g/mol. The molecule has 1 atom stereocenters. The minimum absolute atomic E-state index is 0.00816. The van der Waals surface area contributed by atoms with Crippen molar-refractivity contribution >= 4 is 17.6 Å². The van der Waals surface area contributed by atoms with Crippen molar-refractivity contribution in [2.24, 2.45) is 0 Å². The average Bonchev–Trinajstić information content (AvgIpc) is 2.96. The molecule has 0 radical (unpaired) electrons. The van der Waals surface area contributed by atoms with Crippen molar-refractivity contribution in [1.29, 1.82) is 0 Å². The summed E-state index contributed by atoms with van der Waals surface area (Å²) < 4.78 is 5.14. The molecule has 0 aliphatic carbocycles. The number of quaternary nitrogens is 1. The Balaban J connectivity index is 2.00. The van der Waals surface area contributed by atoms with Gasteiger partial charge in [0.25, 0.3) is 5.91 Å². The van der Waals surface area contributed by atoms with E-state index in [-0.39, 0.29) is 5.75 Å². The molecule has 116 valence electrons. The van der Waals surface area contributed by atoms with Crippen molar-refractivity contribution in [2.75, 3.05) is 5.32 Å². The molecule has 0 bridgehead atoms. The minimum atomic E-state index is -1.31. The highest BCUT2D eigenvalue weighted by Gasteiger charge is 2.22. The number of anilines is 1. The van der Waals surface area contributed by atoms with Gasteiger partial charge in [-0.3, -0.25) is 4.79 Å². The number of benzene rings is 1. The van der Waals surface area contributed by atoms with Gasteiger partial charge in [-0.05, 0) is 24.3 Å². The van der Waals surface area contributed by atoms with E-state index in [1.54, 1.807) is 29.6 Å². The normalized spacial score (nSPS) is 11.8. The molecule has 0 aliphatic heterocycles. The van der Waals surface area contributed by atoms with E-state index in [9.17, 15) is 19.8 Å². The number of aromatic hydroxyl groups is 1. The maximum absolute atomic E-state index is 12.2. The zero-order chi connectivity index (χ0) is 15.9. The van der Waals surface area contributed by atoms with E-state index in [1.165, 1.54) is 18.4 Å². The van der Waals surface area contributed by atoms with E-state index in [4.69, 9.17) is 4.42 Å². The Labute approximate surface area is 126 Å². The number of phenols is 1. The molecule has 4 N–H and O–H groups in total. The lowest BCUT2D eigenvalue weighted by molar-refractivity contribution is -0.693. The van der Waals surface area contributed by atoms with Crippen molar-refractivity contribution in [3.63, 3.8) is 0 Å². The van der Waals surface area contributed by atoms with Gasteiger partial charge in [-0.1, -0.05) is 6.07 Å². The third kappa shape index (κ3) is 4.64. The molecular formula is C15H16N2O5. The second-order valence-electron chi connectivity index (χ2n) is 4.74. The van der Waals surface area contributed by atoms with Crippen LogP contribution in [0.5, 0.6) is 5.75 Å². The third-order valence-electron chi connectivity index (χ3n) is 3.02. The average molecular weight is 304 g/mol. The third-order valence-corrected chi connectivity index (χ3v) is 3.02. The minimum Gasteiger partial charge on any atom is -0.550 e. The number of carbonyl (C=O) groups is 2. The summed E-state index contributed by atoms with van der Waals surface area (Å²) in [4.78, 5) is 23.0. The maximum Gasteiger partial charge on any atom is 0.283 e. The molecule has 22 heavy (non-hydrogen) atoms. The first-order chi connectivity index (χ1) is 10.5. The van der Waals surface area contributed by atoms with Crippen molar-refractivity contribution < 1.29 is 29.5 Å². The fraction of sp³-hybridized carbons (Fsp3) is 0.200. The predicted octanol–water partition coefficient (Wildman–Crippen LogP) is -0.804. The van der Waals surface area contributed by atoms with Crippen LogP contribution in [0.2, 0.25) is 0 Å². The molecule has 7 nitrogen and oxygen atoms in total. The highest BCUT2D eigenvalue weighted by molar-refractivity contribution is 5.95. The van der Waals surface area contributed by atoms with E-state index in [0.29, 0.717) is 18.0 Å². The Morgan fingerprint density at radius 3 is 2.77 bits per heavy atom. The van der Waals surface area contributed by atoms with Crippen molar-refractivity contribution in [3.8, 4) is 5.75 Å². The van der Waals surface area contributed by atoms with Crippen LogP contribution in [-0.4, -0.2) is 23.0 Å². The molecule has 0 saturated heterocycles. The van der Waals surface area contributed by atoms with Gasteiger partial charge in [-0.15, -0.1) is 0 Å². The number of aliphatic carboxylic acids is 1. The lowest BCUT2D eigenvalue weighted by atomic mass is 10.1. The summed E-state index contributed by atoms with van der Waals surface area (Å²) >= 11 is 0. The highest BCUT2D eigenvalue weighted by atomic mass is 16.4. The number of phenolic OH excluding ortho intramolecular Hbond substituents is 1. The molecule has 1 aromatic carbocycles. The number of carboxylic acids is 1. The van der Waals surface area contributed by atoms with E-state index >= 15 is 0 Å². The zero-order valence-electron chi connectivity index (χ0n) is 11.7. The van der Waals surface area contributed by atoms with Gasteiger partial charge in [0.2, 0.25) is 0 Å². The van der Waals surface area contributed by atoms with Gasteiger partial charge >= 0.3 is 0 Å². The van der Waals surface area contributed by atoms with E-state index in [2.05, 4.69) is 5.32 Å². The van der Waals surface area contributed by atoms with Gasteiger partial charge in [0, 0.05) is 24.1 Å². The smallest absolute Gasteiger partial charge is 0.283 e. The molecule has 2 aromatic rings. The van der Waals surface area contributed by atoms with Gasteiger partial charge < -0.3 is 30.1 Å². The molecule has 0 saturated carbocycles. The first kappa shape index (κ1) is 15.6. The fourth-order valence-corrected chi connectivity index (χ4v) is 1.97. The molecule has 0 unspecified atom stereocenters. The second kappa shape index (κ2) is 7.28. The Hall–Kier alpha value is -2.80. The molecular weight excluding hydrogens is 288 g/mol. The Kier molecular flexibility index (Phi) is 5.16. The standard InChI is InChI=1S/C15H16N2O5/c18-11-4-1-3-10(7-11)17-15(21)13(8-14(19)20)16-9-12-5-2-6-22-12/h1-7,13,16,18H,8-9H2,(H,17,21)(H,19,20)/t13-/m1/s1. The van der Waals surface area contributed by atoms with Gasteiger partial charge in [0.1, 0.15) is 12.3 Å². The van der Waals surface area contributed by atoms with Gasteiger partial charge in [0.15, 0.2) is 11.8 Å². The van der Waals surface area contributed by atoms with Gasteiger partial charge in [0.05, 0.1) is 6.26 Å². The van der Waals surface area contributed by atoms with Crippen LogP contribution in [0.1, 0.15) is 12.2 Å². The zero-order valence-corrected chi connectivity index (χ0v) is 11.7. The van der Waals surface area contributed by atoms with Crippen LogP contribution in [0.15, 0.2) is 47.1 Å². The second-order valence-corrected chi connectivity index (χ2v) is 4.74. The summed E-state index contributed by atoms with van der Waals surface area (Å²) in [5, 5.41) is 24.3. The summed E-state index contributed by atoms with van der Waals surface area (Å²) in [5.74, 6) is -1.16. The quantitative estimate of drug-likeness (QED) is 0.618. The molecule has 1 amide bonds. The van der Waals surface area contributed by atoms with Crippen LogP contribution in [-0.2, 0) is 16.1 Å². The number of amides is 1. The summed E-state index contributed by atoms with van der Waals surface area (Å²) in [7, 11) is 0. The number of furan rings is 1. The van der Waals surface area contributed by atoms with E-state index in [0.717, 1.165) is 0 Å². The van der Waals surface area contributed by atoms with Crippen LogP contribution in [0, 0.1) is 0 Å². The van der Waals surface area contributed by atoms with Crippen LogP contribution in [0.25, 0.3) is 0 Å². The molecule has 2 rings (SSSR count). The van der Waals surface area contributed by atoms with Gasteiger partial charge in [-0.25, -0.2) is 0 Å². The first-order valence-electron chi connectivity index (χ1n) is 6.70. The number of hydrogen-bond donors (Lipinski definition) is 3. The van der Waals surface area contributed by atoms with Gasteiger partial charge in [-0.2, -0.15) is 0 Å². The maximum atomic E-state index is 12.2. The number of nitrogens with two attached hydrogens (primary N) is 1. The number of rotatable bonds is 7. The number of hydrogen-bond acceptors (Lipinski definition) is 5. The number of carboxylic acid groups (broad SMARTS) is 1. The fourth-order valence-electron chi connectivity index (χ4n) is 1.97. The molecule has 0 spiro atoms. The summed E-state index contributed by atoms with van der Waals surface area (Å²) in [6, 6.07) is 8.60. The van der Waals surface area contributed by atoms with Crippen molar-refractivity contribution in [2.45, 2.75) is 19.0 Å². The summed E-state index contributed by atoms with van der Waals surface area (Å²) in [6.07, 6.45) is 1.08. The molecule has 0 fully saturated rings. The predicted molar refractivity (Wildman–Crippen MR) is 74.5 cm³/mol. The molecule has 7 heteroatoms.